The Bertz CT molecular complexity index is 664. The van der Waals surface area contributed by atoms with Gasteiger partial charge in [-0.2, -0.15) is 12.6 Å². The van der Waals surface area contributed by atoms with Crippen molar-refractivity contribution >= 4 is 36.0 Å². The van der Waals surface area contributed by atoms with Crippen molar-refractivity contribution in [1.29, 1.82) is 0 Å². The number of thiol groups is 1. The van der Waals surface area contributed by atoms with E-state index in [0.29, 0.717) is 26.1 Å². The zero-order chi connectivity index (χ0) is 18.9. The van der Waals surface area contributed by atoms with E-state index in [0.717, 1.165) is 24.5 Å². The highest BCUT2D eigenvalue weighted by molar-refractivity contribution is 7.81. The molecule has 7 heteroatoms. The van der Waals surface area contributed by atoms with Crippen molar-refractivity contribution in [3.8, 4) is 0 Å². The van der Waals surface area contributed by atoms with Gasteiger partial charge in [0.2, 0.25) is 5.91 Å². The van der Waals surface area contributed by atoms with Gasteiger partial charge in [-0.1, -0.05) is 0 Å². The summed E-state index contributed by atoms with van der Waals surface area (Å²) in [7, 11) is 0. The van der Waals surface area contributed by atoms with E-state index in [9.17, 15) is 9.59 Å². The predicted octanol–water partition coefficient (Wildman–Crippen LogP) is 2.78. The van der Waals surface area contributed by atoms with Gasteiger partial charge in [0, 0.05) is 55.8 Å². The second-order valence-electron chi connectivity index (χ2n) is 7.83. The first-order valence-electron chi connectivity index (χ1n) is 9.04. The zero-order valence-electron chi connectivity index (χ0n) is 15.6. The number of benzene rings is 1. The Morgan fingerprint density at radius 1 is 1.08 bits per heavy atom. The van der Waals surface area contributed by atoms with Crippen LogP contribution < -0.4 is 9.80 Å². The number of amides is 2. The molecule has 0 aliphatic carbocycles. The quantitative estimate of drug-likeness (QED) is 0.806. The molecule has 2 amide bonds. The molecule has 1 aromatic rings. The molecule has 1 atom stereocenters. The Morgan fingerprint density at radius 2 is 1.65 bits per heavy atom. The minimum atomic E-state index is -0.469. The van der Waals surface area contributed by atoms with Crippen LogP contribution in [-0.2, 0) is 9.53 Å². The van der Waals surface area contributed by atoms with Crippen molar-refractivity contribution in [1.82, 2.24) is 4.90 Å². The standard InChI is InChI=1S/C19H27N3O3S/c1-19(2,3)25-18(24)21-10-8-20(9-11-21)14-4-6-15(7-5-14)22-13-16(26)12-17(22)23/h4-7,16,26H,8-13H2,1-3H3. The zero-order valence-corrected chi connectivity index (χ0v) is 16.5. The third-order valence-electron chi connectivity index (χ3n) is 4.56. The molecule has 3 rings (SSSR count). The van der Waals surface area contributed by atoms with Crippen LogP contribution in [0.1, 0.15) is 27.2 Å². The Morgan fingerprint density at radius 3 is 2.15 bits per heavy atom. The number of anilines is 2. The van der Waals surface area contributed by atoms with Crippen LogP contribution in [0.25, 0.3) is 0 Å². The number of piperazine rings is 1. The lowest BCUT2D eigenvalue weighted by Crippen LogP contribution is -2.50. The second-order valence-corrected chi connectivity index (χ2v) is 8.56. The van der Waals surface area contributed by atoms with Crippen LogP contribution in [0.3, 0.4) is 0 Å². The van der Waals surface area contributed by atoms with E-state index in [-0.39, 0.29) is 17.3 Å². The molecule has 0 spiro atoms. The molecule has 2 aliphatic rings. The number of ether oxygens (including phenoxy) is 1. The molecule has 0 N–H and O–H groups in total. The summed E-state index contributed by atoms with van der Waals surface area (Å²) < 4.78 is 5.43. The number of hydrogen-bond donors (Lipinski definition) is 1. The molecule has 6 nitrogen and oxygen atoms in total. The van der Waals surface area contributed by atoms with Crippen LogP contribution in [-0.4, -0.2) is 60.5 Å². The highest BCUT2D eigenvalue weighted by Gasteiger charge is 2.29. The van der Waals surface area contributed by atoms with E-state index in [1.54, 1.807) is 9.80 Å². The number of rotatable bonds is 2. The van der Waals surface area contributed by atoms with Crippen molar-refractivity contribution in [2.45, 2.75) is 38.0 Å². The van der Waals surface area contributed by atoms with Crippen LogP contribution in [0.4, 0.5) is 16.2 Å². The van der Waals surface area contributed by atoms with Gasteiger partial charge in [-0.15, -0.1) is 0 Å². The van der Waals surface area contributed by atoms with Gasteiger partial charge >= 0.3 is 6.09 Å². The minimum Gasteiger partial charge on any atom is -0.444 e. The molecule has 26 heavy (non-hydrogen) atoms. The molecule has 2 aliphatic heterocycles. The maximum Gasteiger partial charge on any atom is 0.410 e. The van der Waals surface area contributed by atoms with Gasteiger partial charge in [0.25, 0.3) is 0 Å². The van der Waals surface area contributed by atoms with Crippen LogP contribution in [0.15, 0.2) is 24.3 Å². The molecule has 0 aromatic heterocycles. The maximum absolute atomic E-state index is 12.1. The summed E-state index contributed by atoms with van der Waals surface area (Å²) in [6.07, 6.45) is 0.249. The summed E-state index contributed by atoms with van der Waals surface area (Å²) in [5.74, 6) is 0.128. The number of carbonyl (C=O) groups is 2. The summed E-state index contributed by atoms with van der Waals surface area (Å²) in [4.78, 5) is 29.9. The second kappa shape index (κ2) is 7.39. The first-order chi connectivity index (χ1) is 12.2. The van der Waals surface area contributed by atoms with E-state index in [1.165, 1.54) is 0 Å². The maximum atomic E-state index is 12.1. The summed E-state index contributed by atoms with van der Waals surface area (Å²) in [5.41, 5.74) is 1.55. The van der Waals surface area contributed by atoms with E-state index in [4.69, 9.17) is 4.74 Å². The number of carbonyl (C=O) groups excluding carboxylic acids is 2. The van der Waals surface area contributed by atoms with Crippen molar-refractivity contribution in [3.05, 3.63) is 24.3 Å². The van der Waals surface area contributed by atoms with Gasteiger partial charge in [-0.3, -0.25) is 4.79 Å². The fourth-order valence-electron chi connectivity index (χ4n) is 3.26. The molecular formula is C19H27N3O3S. The Labute approximate surface area is 160 Å². The van der Waals surface area contributed by atoms with Crippen LogP contribution in [0, 0.1) is 0 Å². The van der Waals surface area contributed by atoms with Gasteiger partial charge in [-0.05, 0) is 45.0 Å². The Kier molecular flexibility index (Phi) is 5.37. The molecule has 2 saturated heterocycles. The van der Waals surface area contributed by atoms with Gasteiger partial charge in [-0.25, -0.2) is 4.79 Å². The fraction of sp³-hybridized carbons (Fsp3) is 0.579. The van der Waals surface area contributed by atoms with Crippen LogP contribution in [0.5, 0.6) is 0 Å². The van der Waals surface area contributed by atoms with Gasteiger partial charge < -0.3 is 19.4 Å². The normalized spacial score (nSPS) is 21.3. The van der Waals surface area contributed by atoms with Crippen molar-refractivity contribution in [2.75, 3.05) is 42.5 Å². The molecule has 0 bridgehead atoms. The van der Waals surface area contributed by atoms with Crippen molar-refractivity contribution < 1.29 is 14.3 Å². The summed E-state index contributed by atoms with van der Waals surface area (Å²) in [6, 6.07) is 8.05. The monoisotopic (exact) mass is 377 g/mol. The van der Waals surface area contributed by atoms with E-state index in [1.807, 2.05) is 45.0 Å². The van der Waals surface area contributed by atoms with Crippen LogP contribution in [0.2, 0.25) is 0 Å². The molecule has 2 heterocycles. The minimum absolute atomic E-state index is 0.114. The van der Waals surface area contributed by atoms with Gasteiger partial charge in [0.1, 0.15) is 5.60 Å². The van der Waals surface area contributed by atoms with E-state index < -0.39 is 5.60 Å². The topological polar surface area (TPSA) is 53.1 Å². The van der Waals surface area contributed by atoms with Gasteiger partial charge in [0.05, 0.1) is 0 Å². The molecule has 2 fully saturated rings. The molecule has 0 radical (unpaired) electrons. The average Bonchev–Trinajstić information content (AvgIpc) is 2.92. The fourth-order valence-corrected chi connectivity index (χ4v) is 3.57. The van der Waals surface area contributed by atoms with E-state index in [2.05, 4.69) is 17.5 Å². The first kappa shape index (κ1) is 18.9. The molecule has 1 unspecified atom stereocenters. The average molecular weight is 378 g/mol. The van der Waals surface area contributed by atoms with Crippen LogP contribution >= 0.6 is 12.6 Å². The lowest BCUT2D eigenvalue weighted by molar-refractivity contribution is -0.117. The summed E-state index contributed by atoms with van der Waals surface area (Å²) in [5, 5.41) is 0.114. The lowest BCUT2D eigenvalue weighted by Gasteiger charge is -2.36. The Balaban J connectivity index is 1.57. The van der Waals surface area contributed by atoms with Crippen molar-refractivity contribution in [3.63, 3.8) is 0 Å². The lowest BCUT2D eigenvalue weighted by atomic mass is 10.2. The largest absolute Gasteiger partial charge is 0.444 e. The SMILES string of the molecule is CC(C)(C)OC(=O)N1CCN(c2ccc(N3CC(S)CC3=O)cc2)CC1. The van der Waals surface area contributed by atoms with E-state index >= 15 is 0 Å². The Hall–Kier alpha value is -1.89. The third-order valence-corrected chi connectivity index (χ3v) is 4.91. The van der Waals surface area contributed by atoms with Gasteiger partial charge in [0.15, 0.2) is 0 Å². The molecule has 142 valence electrons. The first-order valence-corrected chi connectivity index (χ1v) is 9.56. The number of nitrogens with zero attached hydrogens (tertiary/aromatic N) is 3. The smallest absolute Gasteiger partial charge is 0.410 e. The highest BCUT2D eigenvalue weighted by Crippen LogP contribution is 2.27. The molecule has 0 saturated carbocycles. The van der Waals surface area contributed by atoms with Crippen molar-refractivity contribution in [2.24, 2.45) is 0 Å². The third kappa shape index (κ3) is 4.44. The molecule has 1 aromatic carbocycles. The highest BCUT2D eigenvalue weighted by atomic mass is 32.1. The number of hydrogen-bond acceptors (Lipinski definition) is 5. The summed E-state index contributed by atoms with van der Waals surface area (Å²) >= 11 is 4.40. The predicted molar refractivity (Wildman–Crippen MR) is 106 cm³/mol. The molecular weight excluding hydrogens is 350 g/mol. The summed E-state index contributed by atoms with van der Waals surface area (Å²) in [6.45, 7) is 9.11.